The summed E-state index contributed by atoms with van der Waals surface area (Å²) >= 11 is 0. The fraction of sp³-hybridized carbons (Fsp3) is 0.429. The van der Waals surface area contributed by atoms with Crippen LogP contribution < -0.4 is 0 Å². The largest absolute Gasteiger partial charge is 0.505 e. The Balaban J connectivity index is 3.12. The van der Waals surface area contributed by atoms with Crippen LogP contribution in [0.2, 0.25) is 0 Å². The number of allylic oxidation sites excluding steroid dienone is 2. The number of hydrogen-bond acceptors (Lipinski definition) is 2. The molecular formula is C14H18F2O2. The molecule has 0 radical (unpaired) electrons. The molecule has 0 amide bonds. The highest BCUT2D eigenvalue weighted by Gasteiger charge is 2.19. The maximum atomic E-state index is 13.3. The van der Waals surface area contributed by atoms with Crippen LogP contribution in [0.25, 0.3) is 0 Å². The number of rotatable bonds is 4. The minimum atomic E-state index is -1.41. The van der Waals surface area contributed by atoms with Crippen molar-refractivity contribution in [2.75, 3.05) is 0 Å². The summed E-state index contributed by atoms with van der Waals surface area (Å²) in [5.41, 5.74) is 1.21. The highest BCUT2D eigenvalue weighted by Crippen LogP contribution is 2.33. The van der Waals surface area contributed by atoms with Crippen LogP contribution in [0.1, 0.15) is 32.8 Å². The predicted octanol–water partition coefficient (Wildman–Crippen LogP) is 3.91. The minimum Gasteiger partial charge on any atom is -0.505 e. The van der Waals surface area contributed by atoms with Gasteiger partial charge >= 0.3 is 0 Å². The Hall–Kier alpha value is -1.58. The molecule has 1 atom stereocenters. The zero-order valence-corrected chi connectivity index (χ0v) is 10.8. The number of halogens is 2. The molecule has 1 aromatic carbocycles. The second-order valence-corrected chi connectivity index (χ2v) is 4.38. The van der Waals surface area contributed by atoms with Crippen molar-refractivity contribution in [2.45, 2.75) is 33.6 Å². The first kappa shape index (κ1) is 14.5. The molecule has 0 saturated carbocycles. The molecule has 0 bridgehead atoms. The molecule has 0 aromatic heterocycles. The first-order valence-corrected chi connectivity index (χ1v) is 5.96. The Morgan fingerprint density at radius 3 is 2.44 bits per heavy atom. The van der Waals surface area contributed by atoms with Gasteiger partial charge in [0.05, 0.1) is 0 Å². The van der Waals surface area contributed by atoms with Crippen LogP contribution >= 0.6 is 0 Å². The standard InChI is InChI=1S/C14H18F2O2/c1-4-8(3)9(5-2)6-10-7-11(17)12(15)13(16)14(10)18/h5,7-8,17-18H,4,6H2,1-3H3/b9-5+. The van der Waals surface area contributed by atoms with E-state index < -0.39 is 23.1 Å². The number of phenols is 2. The number of benzene rings is 1. The highest BCUT2D eigenvalue weighted by atomic mass is 19.2. The Bertz CT molecular complexity index is 467. The molecule has 18 heavy (non-hydrogen) atoms. The summed E-state index contributed by atoms with van der Waals surface area (Å²) in [6, 6.07) is 1.07. The lowest BCUT2D eigenvalue weighted by Crippen LogP contribution is -2.03. The van der Waals surface area contributed by atoms with Crippen LogP contribution in [0.5, 0.6) is 11.5 Å². The number of aromatic hydroxyl groups is 2. The van der Waals surface area contributed by atoms with Crippen molar-refractivity contribution in [1.29, 1.82) is 0 Å². The molecule has 2 N–H and O–H groups in total. The SMILES string of the molecule is C/C=C(\Cc1cc(O)c(F)c(F)c1O)C(C)CC. The Kier molecular flexibility index (Phi) is 4.70. The lowest BCUT2D eigenvalue weighted by atomic mass is 9.92. The molecule has 0 aliphatic rings. The first-order chi connectivity index (χ1) is 8.42. The molecule has 0 aliphatic heterocycles. The number of hydrogen-bond donors (Lipinski definition) is 2. The van der Waals surface area contributed by atoms with Gasteiger partial charge in [-0.1, -0.05) is 25.5 Å². The molecule has 4 heteroatoms. The molecule has 0 heterocycles. The first-order valence-electron chi connectivity index (χ1n) is 5.96. The molecule has 1 unspecified atom stereocenters. The Morgan fingerprint density at radius 1 is 1.33 bits per heavy atom. The van der Waals surface area contributed by atoms with Gasteiger partial charge in [-0.2, -0.15) is 8.78 Å². The van der Waals surface area contributed by atoms with E-state index >= 15 is 0 Å². The molecule has 0 aliphatic carbocycles. The van der Waals surface area contributed by atoms with Crippen molar-refractivity contribution < 1.29 is 19.0 Å². The van der Waals surface area contributed by atoms with Gasteiger partial charge < -0.3 is 10.2 Å². The van der Waals surface area contributed by atoms with E-state index in [0.29, 0.717) is 6.42 Å². The fourth-order valence-corrected chi connectivity index (χ4v) is 1.83. The quantitative estimate of drug-likeness (QED) is 0.633. The zero-order chi connectivity index (χ0) is 13.9. The fourth-order valence-electron chi connectivity index (χ4n) is 1.83. The summed E-state index contributed by atoms with van der Waals surface area (Å²) in [7, 11) is 0. The van der Waals surface area contributed by atoms with Crippen molar-refractivity contribution in [1.82, 2.24) is 0 Å². The van der Waals surface area contributed by atoms with E-state index in [4.69, 9.17) is 0 Å². The van der Waals surface area contributed by atoms with Gasteiger partial charge in [0, 0.05) is 5.56 Å². The average Bonchev–Trinajstić information content (AvgIpc) is 2.38. The van der Waals surface area contributed by atoms with Crippen LogP contribution in [0, 0.1) is 17.6 Å². The average molecular weight is 256 g/mol. The smallest absolute Gasteiger partial charge is 0.204 e. The van der Waals surface area contributed by atoms with Gasteiger partial charge in [-0.3, -0.25) is 0 Å². The summed E-state index contributed by atoms with van der Waals surface area (Å²) in [6.07, 6.45) is 3.10. The van der Waals surface area contributed by atoms with Gasteiger partial charge in [0.15, 0.2) is 11.5 Å². The van der Waals surface area contributed by atoms with Crippen LogP contribution in [0.3, 0.4) is 0 Å². The lowest BCUT2D eigenvalue weighted by Gasteiger charge is -2.15. The summed E-state index contributed by atoms with van der Waals surface area (Å²) in [4.78, 5) is 0. The van der Waals surface area contributed by atoms with E-state index in [1.807, 2.05) is 26.8 Å². The molecule has 0 saturated heterocycles. The summed E-state index contributed by atoms with van der Waals surface area (Å²) < 4.78 is 26.3. The van der Waals surface area contributed by atoms with E-state index in [1.165, 1.54) is 0 Å². The van der Waals surface area contributed by atoms with Crippen molar-refractivity contribution in [3.8, 4) is 11.5 Å². The third-order valence-corrected chi connectivity index (χ3v) is 3.25. The van der Waals surface area contributed by atoms with Gasteiger partial charge in [0.1, 0.15) is 0 Å². The minimum absolute atomic E-state index is 0.194. The lowest BCUT2D eigenvalue weighted by molar-refractivity contribution is 0.370. The summed E-state index contributed by atoms with van der Waals surface area (Å²) in [6.45, 7) is 5.90. The molecular weight excluding hydrogens is 238 g/mol. The van der Waals surface area contributed by atoms with E-state index in [9.17, 15) is 19.0 Å². The van der Waals surface area contributed by atoms with E-state index in [-0.39, 0.29) is 11.5 Å². The third kappa shape index (κ3) is 2.81. The highest BCUT2D eigenvalue weighted by molar-refractivity contribution is 5.43. The zero-order valence-electron chi connectivity index (χ0n) is 10.8. The van der Waals surface area contributed by atoms with Crippen molar-refractivity contribution in [3.05, 3.63) is 34.9 Å². The maximum absolute atomic E-state index is 13.3. The predicted molar refractivity (Wildman–Crippen MR) is 66.6 cm³/mol. The van der Waals surface area contributed by atoms with E-state index in [2.05, 4.69) is 0 Å². The van der Waals surface area contributed by atoms with Crippen LogP contribution in [0.15, 0.2) is 17.7 Å². The van der Waals surface area contributed by atoms with E-state index in [0.717, 1.165) is 18.1 Å². The Labute approximate surface area is 106 Å². The van der Waals surface area contributed by atoms with Gasteiger partial charge in [-0.25, -0.2) is 0 Å². The molecule has 100 valence electrons. The van der Waals surface area contributed by atoms with Crippen molar-refractivity contribution >= 4 is 0 Å². The molecule has 0 fully saturated rings. The molecule has 1 rings (SSSR count). The third-order valence-electron chi connectivity index (χ3n) is 3.25. The van der Waals surface area contributed by atoms with Crippen LogP contribution in [0.4, 0.5) is 8.78 Å². The molecule has 2 nitrogen and oxygen atoms in total. The van der Waals surface area contributed by atoms with Gasteiger partial charge in [0.2, 0.25) is 11.6 Å². The van der Waals surface area contributed by atoms with Gasteiger partial charge in [-0.05, 0) is 31.7 Å². The monoisotopic (exact) mass is 256 g/mol. The molecule has 1 aromatic rings. The topological polar surface area (TPSA) is 40.5 Å². The number of phenolic OH excluding ortho intramolecular Hbond substituents is 2. The summed E-state index contributed by atoms with van der Waals surface area (Å²) in [5, 5.41) is 18.8. The van der Waals surface area contributed by atoms with Crippen molar-refractivity contribution in [2.24, 2.45) is 5.92 Å². The normalized spacial score (nSPS) is 13.7. The Morgan fingerprint density at radius 2 is 1.94 bits per heavy atom. The molecule has 0 spiro atoms. The van der Waals surface area contributed by atoms with E-state index in [1.54, 1.807) is 0 Å². The van der Waals surface area contributed by atoms with Crippen molar-refractivity contribution in [3.63, 3.8) is 0 Å². The van der Waals surface area contributed by atoms with Crippen LogP contribution in [-0.2, 0) is 6.42 Å². The second kappa shape index (κ2) is 5.85. The maximum Gasteiger partial charge on any atom is 0.204 e. The van der Waals surface area contributed by atoms with Crippen LogP contribution in [-0.4, -0.2) is 10.2 Å². The second-order valence-electron chi connectivity index (χ2n) is 4.38. The van der Waals surface area contributed by atoms with Gasteiger partial charge in [0.25, 0.3) is 0 Å². The van der Waals surface area contributed by atoms with Gasteiger partial charge in [-0.15, -0.1) is 0 Å². The summed E-state index contributed by atoms with van der Waals surface area (Å²) in [5.74, 6) is -4.04.